The summed E-state index contributed by atoms with van der Waals surface area (Å²) in [5.74, 6) is -0.212. The van der Waals surface area contributed by atoms with Crippen LogP contribution in [0.25, 0.3) is 16.8 Å². The molecule has 0 saturated carbocycles. The molecule has 0 aliphatic carbocycles. The van der Waals surface area contributed by atoms with E-state index in [0.717, 1.165) is 16.5 Å². The maximum atomic E-state index is 12.9. The molecule has 28 heavy (non-hydrogen) atoms. The number of fused-ring (bicyclic) bond motifs is 1. The number of hydrogen-bond acceptors (Lipinski definition) is 6. The maximum absolute atomic E-state index is 12.9. The number of thioether (sulfide) groups is 1. The number of carbonyl (C=O) groups is 1. The van der Waals surface area contributed by atoms with E-state index >= 15 is 0 Å². The third-order valence-corrected chi connectivity index (χ3v) is 5.42. The fourth-order valence-electron chi connectivity index (χ4n) is 2.85. The van der Waals surface area contributed by atoms with Gasteiger partial charge in [-0.25, -0.2) is 0 Å². The summed E-state index contributed by atoms with van der Waals surface area (Å²) in [4.78, 5) is 24.9. The number of nitrogens with zero attached hydrogens (tertiary/aromatic N) is 2. The Morgan fingerprint density at radius 1 is 1.11 bits per heavy atom. The lowest BCUT2D eigenvalue weighted by Gasteiger charge is -2.17. The fraction of sp³-hybridized carbons (Fsp3) is 0. The van der Waals surface area contributed by atoms with Gasteiger partial charge in [0.05, 0.1) is 16.7 Å². The van der Waals surface area contributed by atoms with E-state index in [4.69, 9.17) is 16.6 Å². The highest BCUT2D eigenvalue weighted by molar-refractivity contribution is 8.27. The summed E-state index contributed by atoms with van der Waals surface area (Å²) in [5.41, 5.74) is 0.745. The van der Waals surface area contributed by atoms with E-state index in [1.165, 1.54) is 28.8 Å². The average Bonchev–Trinajstić information content (AvgIpc) is 3.27. The zero-order chi connectivity index (χ0) is 19.7. The van der Waals surface area contributed by atoms with E-state index in [2.05, 4.69) is 0 Å². The van der Waals surface area contributed by atoms with E-state index < -0.39 is 4.92 Å². The molecule has 1 aliphatic heterocycles. The first-order chi connectivity index (χ1) is 13.5. The SMILES string of the molecule is O=C1/C(=C/C=C/c2ccc([N+](=O)[O-])o2)SC(=S)N1c1cccc2ccccc12. The van der Waals surface area contributed by atoms with Crippen molar-refractivity contribution in [1.29, 1.82) is 0 Å². The van der Waals surface area contributed by atoms with Crippen molar-refractivity contribution in [2.75, 3.05) is 4.90 Å². The molecule has 0 N–H and O–H groups in total. The lowest BCUT2D eigenvalue weighted by atomic mass is 10.1. The normalized spacial score (nSPS) is 16.0. The van der Waals surface area contributed by atoms with Crippen molar-refractivity contribution in [3.05, 3.63) is 87.5 Å². The van der Waals surface area contributed by atoms with Crippen LogP contribution in [-0.4, -0.2) is 15.2 Å². The van der Waals surface area contributed by atoms with Gasteiger partial charge in [0, 0.05) is 5.39 Å². The van der Waals surface area contributed by atoms with Gasteiger partial charge in [0.2, 0.25) is 0 Å². The van der Waals surface area contributed by atoms with Crippen LogP contribution in [-0.2, 0) is 4.79 Å². The molecular weight excluding hydrogens is 396 g/mol. The molecule has 1 aromatic heterocycles. The standard InChI is InChI=1S/C20H12N2O4S2/c23-19-17(10-4-7-14-11-12-18(26-14)22(24)25)28-20(27)21(19)16-9-3-6-13-5-1-2-8-15(13)16/h1-12H/b7-4+,17-10-. The predicted octanol–water partition coefficient (Wildman–Crippen LogP) is 5.30. The summed E-state index contributed by atoms with van der Waals surface area (Å²) in [7, 11) is 0. The topological polar surface area (TPSA) is 76.6 Å². The maximum Gasteiger partial charge on any atom is 0.433 e. The van der Waals surface area contributed by atoms with E-state index in [0.29, 0.717) is 15.0 Å². The molecular formula is C20H12N2O4S2. The average molecular weight is 408 g/mol. The second kappa shape index (κ2) is 7.41. The van der Waals surface area contributed by atoms with Gasteiger partial charge in [-0.3, -0.25) is 19.8 Å². The Labute approximate surface area is 169 Å². The first kappa shape index (κ1) is 18.1. The number of hydrogen-bond donors (Lipinski definition) is 0. The molecule has 0 spiro atoms. The first-order valence-corrected chi connectivity index (χ1v) is 9.44. The molecule has 2 aromatic carbocycles. The second-order valence-corrected chi connectivity index (χ2v) is 7.51. The van der Waals surface area contributed by atoms with Gasteiger partial charge in [0.15, 0.2) is 4.32 Å². The molecule has 1 saturated heterocycles. The summed E-state index contributed by atoms with van der Waals surface area (Å²) < 4.78 is 5.51. The van der Waals surface area contributed by atoms with Crippen molar-refractivity contribution in [1.82, 2.24) is 0 Å². The number of rotatable bonds is 4. The van der Waals surface area contributed by atoms with E-state index in [1.807, 2.05) is 42.5 Å². The predicted molar refractivity (Wildman–Crippen MR) is 114 cm³/mol. The number of anilines is 1. The number of furan rings is 1. The Bertz CT molecular complexity index is 1170. The molecule has 0 radical (unpaired) electrons. The van der Waals surface area contributed by atoms with Crippen LogP contribution in [0.4, 0.5) is 11.6 Å². The van der Waals surface area contributed by atoms with Crippen LogP contribution in [0.15, 0.2) is 76.1 Å². The third kappa shape index (κ3) is 3.35. The summed E-state index contributed by atoms with van der Waals surface area (Å²) in [6.07, 6.45) is 4.79. The summed E-state index contributed by atoms with van der Waals surface area (Å²) in [5, 5.41) is 12.6. The van der Waals surface area contributed by atoms with Crippen LogP contribution < -0.4 is 4.90 Å². The molecule has 2 heterocycles. The Kier molecular flexibility index (Phi) is 4.81. The molecule has 8 heteroatoms. The lowest BCUT2D eigenvalue weighted by molar-refractivity contribution is -0.402. The first-order valence-electron chi connectivity index (χ1n) is 8.21. The van der Waals surface area contributed by atoms with Crippen LogP contribution in [0.2, 0.25) is 0 Å². The van der Waals surface area contributed by atoms with Crippen LogP contribution in [0.3, 0.4) is 0 Å². The summed E-state index contributed by atoms with van der Waals surface area (Å²) in [6, 6.07) is 16.3. The molecule has 1 amide bonds. The van der Waals surface area contributed by atoms with Crippen LogP contribution in [0, 0.1) is 10.1 Å². The highest BCUT2D eigenvalue weighted by Crippen LogP contribution is 2.38. The zero-order valence-corrected chi connectivity index (χ0v) is 15.9. The molecule has 138 valence electrons. The van der Waals surface area contributed by atoms with Crippen LogP contribution >= 0.6 is 24.0 Å². The van der Waals surface area contributed by atoms with Crippen molar-refractivity contribution in [3.8, 4) is 0 Å². The van der Waals surface area contributed by atoms with Gasteiger partial charge in [-0.15, -0.1) is 0 Å². The van der Waals surface area contributed by atoms with Gasteiger partial charge in [-0.2, -0.15) is 0 Å². The summed E-state index contributed by atoms with van der Waals surface area (Å²) >= 11 is 6.63. The van der Waals surface area contributed by atoms with Gasteiger partial charge in [-0.1, -0.05) is 66.5 Å². The third-order valence-electron chi connectivity index (χ3n) is 4.10. The number of amides is 1. The molecule has 1 fully saturated rings. The number of nitro groups is 1. The largest absolute Gasteiger partial charge is 0.433 e. The number of allylic oxidation sites excluding steroid dienone is 2. The van der Waals surface area contributed by atoms with Gasteiger partial charge in [0.1, 0.15) is 10.7 Å². The Morgan fingerprint density at radius 3 is 2.68 bits per heavy atom. The van der Waals surface area contributed by atoms with Crippen molar-refractivity contribution < 1.29 is 14.1 Å². The number of carbonyl (C=O) groups excluding carboxylic acids is 1. The van der Waals surface area contributed by atoms with Crippen molar-refractivity contribution >= 4 is 62.6 Å². The lowest BCUT2D eigenvalue weighted by Crippen LogP contribution is -2.27. The number of thiocarbonyl (C=S) groups is 1. The fourth-order valence-corrected chi connectivity index (χ4v) is 4.09. The minimum atomic E-state index is -0.605. The van der Waals surface area contributed by atoms with Crippen LogP contribution in [0.1, 0.15) is 5.76 Å². The smallest absolute Gasteiger partial charge is 0.401 e. The Hall–Kier alpha value is -3.23. The molecule has 0 bridgehead atoms. The Morgan fingerprint density at radius 2 is 1.89 bits per heavy atom. The van der Waals surface area contributed by atoms with E-state index in [9.17, 15) is 14.9 Å². The molecule has 0 unspecified atom stereocenters. The quantitative estimate of drug-likeness (QED) is 0.252. The highest BCUT2D eigenvalue weighted by atomic mass is 32.2. The molecule has 0 atom stereocenters. The minimum Gasteiger partial charge on any atom is -0.401 e. The number of benzene rings is 2. The zero-order valence-electron chi connectivity index (χ0n) is 14.3. The van der Waals surface area contributed by atoms with E-state index in [1.54, 1.807) is 18.2 Å². The van der Waals surface area contributed by atoms with Crippen molar-refractivity contribution in [3.63, 3.8) is 0 Å². The summed E-state index contributed by atoms with van der Waals surface area (Å²) in [6.45, 7) is 0. The molecule has 6 nitrogen and oxygen atoms in total. The molecule has 4 rings (SSSR count). The highest BCUT2D eigenvalue weighted by Gasteiger charge is 2.33. The van der Waals surface area contributed by atoms with Gasteiger partial charge in [-0.05, 0) is 29.7 Å². The van der Waals surface area contributed by atoms with Crippen LogP contribution in [0.5, 0.6) is 0 Å². The Balaban J connectivity index is 1.60. The van der Waals surface area contributed by atoms with E-state index in [-0.39, 0.29) is 11.8 Å². The van der Waals surface area contributed by atoms with Gasteiger partial charge < -0.3 is 4.42 Å². The van der Waals surface area contributed by atoms with Crippen molar-refractivity contribution in [2.24, 2.45) is 0 Å². The minimum absolute atomic E-state index is 0.207. The monoisotopic (exact) mass is 408 g/mol. The van der Waals surface area contributed by atoms with Crippen molar-refractivity contribution in [2.45, 2.75) is 0 Å². The van der Waals surface area contributed by atoms with Gasteiger partial charge in [0.25, 0.3) is 5.91 Å². The molecule has 1 aliphatic rings. The van der Waals surface area contributed by atoms with Gasteiger partial charge >= 0.3 is 5.88 Å². The second-order valence-electron chi connectivity index (χ2n) is 5.83. The molecule has 3 aromatic rings.